The van der Waals surface area contributed by atoms with Crippen molar-refractivity contribution in [1.82, 2.24) is 0 Å². The Morgan fingerprint density at radius 3 is 2.42 bits per heavy atom. The third-order valence-electron chi connectivity index (χ3n) is 2.84. The fraction of sp³-hybridized carbons (Fsp3) is 0.500. The summed E-state index contributed by atoms with van der Waals surface area (Å²) in [6.45, 7) is 3.79. The Morgan fingerprint density at radius 2 is 1.95 bits per heavy atom. The van der Waals surface area contributed by atoms with E-state index in [1.54, 1.807) is 24.3 Å². The molecule has 0 aliphatic carbocycles. The lowest BCUT2D eigenvalue weighted by Crippen LogP contribution is -2.16. The third kappa shape index (κ3) is 5.59. The minimum atomic E-state index is -4.20. The molecule has 1 atom stereocenters. The maximum atomic E-state index is 12.6. The predicted molar refractivity (Wildman–Crippen MR) is 73.6 cm³/mol. The highest BCUT2D eigenvalue weighted by molar-refractivity contribution is 7.80. The molecule has 0 fully saturated rings. The van der Waals surface area contributed by atoms with E-state index in [1.807, 2.05) is 13.8 Å². The van der Waals surface area contributed by atoms with Gasteiger partial charge in [0.15, 0.2) is 5.05 Å². The summed E-state index contributed by atoms with van der Waals surface area (Å²) in [5, 5.41) is 8.96. The zero-order valence-corrected chi connectivity index (χ0v) is 11.7. The van der Waals surface area contributed by atoms with E-state index in [0.717, 1.165) is 0 Å². The van der Waals surface area contributed by atoms with Crippen LogP contribution in [-0.4, -0.2) is 16.3 Å². The summed E-state index contributed by atoms with van der Waals surface area (Å²) >= 11 is 4.64. The van der Waals surface area contributed by atoms with E-state index in [4.69, 9.17) is 0 Å². The maximum Gasteiger partial charge on any atom is 0.389 e. The second kappa shape index (κ2) is 6.37. The van der Waals surface area contributed by atoms with Gasteiger partial charge in [-0.05, 0) is 42.1 Å². The number of hydrogen-bond acceptors (Lipinski definition) is 1. The van der Waals surface area contributed by atoms with Crippen molar-refractivity contribution in [1.29, 1.82) is 0 Å². The first-order valence-electron chi connectivity index (χ1n) is 6.09. The molecular formula is C14H17F3OS. The Morgan fingerprint density at radius 1 is 1.32 bits per heavy atom. The lowest BCUT2D eigenvalue weighted by atomic mass is 9.87. The molecule has 1 aromatic rings. The van der Waals surface area contributed by atoms with Gasteiger partial charge in [-0.25, -0.2) is 0 Å². The number of rotatable bonds is 5. The van der Waals surface area contributed by atoms with Crippen LogP contribution < -0.4 is 0 Å². The molecule has 1 N–H and O–H groups in total. The normalized spacial score (nSPS) is 13.6. The van der Waals surface area contributed by atoms with E-state index in [9.17, 15) is 18.3 Å². The first-order chi connectivity index (χ1) is 8.69. The minimum Gasteiger partial charge on any atom is -0.499 e. The van der Waals surface area contributed by atoms with Crippen LogP contribution in [0, 0.1) is 5.92 Å². The van der Waals surface area contributed by atoms with E-state index in [0.29, 0.717) is 17.5 Å². The second-order valence-corrected chi connectivity index (χ2v) is 5.46. The Labute approximate surface area is 116 Å². The van der Waals surface area contributed by atoms with Crippen LogP contribution in [0.4, 0.5) is 13.2 Å². The van der Waals surface area contributed by atoms with Gasteiger partial charge < -0.3 is 5.11 Å². The monoisotopic (exact) mass is 290 g/mol. The van der Waals surface area contributed by atoms with Crippen LogP contribution in [0.3, 0.4) is 0 Å². The van der Waals surface area contributed by atoms with E-state index in [1.165, 1.54) is 0 Å². The van der Waals surface area contributed by atoms with E-state index in [-0.39, 0.29) is 11.0 Å². The number of hydrogen-bond donors (Lipinski definition) is 1. The lowest BCUT2D eigenvalue weighted by Gasteiger charge is -2.21. The molecule has 106 valence electrons. The van der Waals surface area contributed by atoms with E-state index < -0.39 is 18.5 Å². The van der Waals surface area contributed by atoms with Crippen molar-refractivity contribution < 1.29 is 18.3 Å². The molecule has 19 heavy (non-hydrogen) atoms. The Bertz CT molecular complexity index is 441. The van der Waals surface area contributed by atoms with Gasteiger partial charge in [-0.1, -0.05) is 32.0 Å². The highest BCUT2D eigenvalue weighted by Gasteiger charge is 2.32. The van der Waals surface area contributed by atoms with Gasteiger partial charge in [-0.2, -0.15) is 13.2 Å². The molecule has 0 heterocycles. The summed E-state index contributed by atoms with van der Waals surface area (Å²) < 4.78 is 37.9. The van der Waals surface area contributed by atoms with Crippen molar-refractivity contribution in [3.05, 3.63) is 35.4 Å². The average molecular weight is 290 g/mol. The summed E-state index contributed by atoms with van der Waals surface area (Å²) in [5.41, 5.74) is 0.961. The smallest absolute Gasteiger partial charge is 0.389 e. The topological polar surface area (TPSA) is 20.2 Å². The van der Waals surface area contributed by atoms with Crippen molar-refractivity contribution in [2.45, 2.75) is 38.8 Å². The number of benzene rings is 1. The minimum absolute atomic E-state index is 0.164. The van der Waals surface area contributed by atoms with Crippen LogP contribution in [0.15, 0.2) is 24.3 Å². The van der Waals surface area contributed by atoms with Crippen molar-refractivity contribution in [3.8, 4) is 0 Å². The molecule has 0 amide bonds. The fourth-order valence-corrected chi connectivity index (χ4v) is 2.24. The number of thiocarbonyl (C=S) groups is 1. The molecule has 1 nitrogen and oxygen atoms in total. The van der Waals surface area contributed by atoms with Crippen LogP contribution >= 0.6 is 12.2 Å². The lowest BCUT2D eigenvalue weighted by molar-refractivity contribution is -0.139. The summed E-state index contributed by atoms with van der Waals surface area (Å²) in [4.78, 5) is 0. The van der Waals surface area contributed by atoms with Gasteiger partial charge in [0.25, 0.3) is 0 Å². The summed E-state index contributed by atoms with van der Waals surface area (Å²) in [6.07, 6.45) is -4.61. The molecule has 0 radical (unpaired) electrons. The molecule has 0 spiro atoms. The van der Waals surface area contributed by atoms with E-state index >= 15 is 0 Å². The number of alkyl halides is 3. The number of aliphatic hydroxyl groups excluding tert-OH is 1. The molecule has 0 aromatic heterocycles. The van der Waals surface area contributed by atoms with Crippen LogP contribution in [-0.2, 0) is 0 Å². The molecule has 1 rings (SSSR count). The van der Waals surface area contributed by atoms with Gasteiger partial charge in [-0.15, -0.1) is 0 Å². The van der Waals surface area contributed by atoms with Gasteiger partial charge in [0, 0.05) is 5.56 Å². The Hall–Kier alpha value is -1.10. The van der Waals surface area contributed by atoms with Crippen molar-refractivity contribution in [2.24, 2.45) is 5.92 Å². The summed E-state index contributed by atoms with van der Waals surface area (Å²) in [5.74, 6) is -0.439. The average Bonchev–Trinajstić information content (AvgIpc) is 2.25. The zero-order valence-electron chi connectivity index (χ0n) is 10.9. The highest BCUT2D eigenvalue weighted by atomic mass is 32.1. The molecule has 0 aliphatic heterocycles. The van der Waals surface area contributed by atoms with Crippen molar-refractivity contribution >= 4 is 17.3 Å². The molecule has 0 bridgehead atoms. The van der Waals surface area contributed by atoms with Crippen LogP contribution in [0.1, 0.15) is 43.7 Å². The highest BCUT2D eigenvalue weighted by Crippen LogP contribution is 2.35. The van der Waals surface area contributed by atoms with Crippen molar-refractivity contribution in [2.75, 3.05) is 0 Å². The molecular weight excluding hydrogens is 273 g/mol. The van der Waals surface area contributed by atoms with Gasteiger partial charge in [0.2, 0.25) is 0 Å². The molecule has 5 heteroatoms. The third-order valence-corrected chi connectivity index (χ3v) is 3.07. The summed E-state index contributed by atoms with van der Waals surface area (Å²) in [7, 11) is 0. The van der Waals surface area contributed by atoms with Crippen molar-refractivity contribution in [3.63, 3.8) is 0 Å². The molecule has 0 saturated heterocycles. The summed E-state index contributed by atoms with van der Waals surface area (Å²) in [6, 6.07) is 6.41. The second-order valence-electron chi connectivity index (χ2n) is 5.08. The number of halogens is 3. The van der Waals surface area contributed by atoms with Gasteiger partial charge in [0.1, 0.15) is 0 Å². The van der Waals surface area contributed by atoms with Gasteiger partial charge in [-0.3, -0.25) is 0 Å². The van der Waals surface area contributed by atoms with E-state index in [2.05, 4.69) is 12.2 Å². The first-order valence-corrected chi connectivity index (χ1v) is 6.50. The fourth-order valence-electron chi connectivity index (χ4n) is 2.11. The quantitative estimate of drug-likeness (QED) is 0.770. The van der Waals surface area contributed by atoms with Crippen LogP contribution in [0.5, 0.6) is 0 Å². The SMILES string of the molecule is CC(C)CC(CC(F)(F)F)c1cccc(C(O)=S)c1. The molecule has 1 aromatic carbocycles. The van der Waals surface area contributed by atoms with Gasteiger partial charge in [0.05, 0.1) is 6.42 Å². The molecule has 0 saturated carbocycles. The largest absolute Gasteiger partial charge is 0.499 e. The molecule has 1 unspecified atom stereocenters. The zero-order chi connectivity index (χ0) is 14.6. The van der Waals surface area contributed by atoms with Crippen LogP contribution in [0.25, 0.3) is 0 Å². The predicted octanol–water partition coefficient (Wildman–Crippen LogP) is 5.00. The first kappa shape index (κ1) is 16.0. The Kier molecular flexibility index (Phi) is 5.35. The number of aliphatic hydroxyl groups is 1. The maximum absolute atomic E-state index is 12.6. The van der Waals surface area contributed by atoms with Gasteiger partial charge >= 0.3 is 6.18 Å². The Balaban J connectivity index is 3.02. The van der Waals surface area contributed by atoms with Crippen LogP contribution in [0.2, 0.25) is 0 Å². The molecule has 0 aliphatic rings. The standard InChI is InChI=1S/C14H17F3OS/c1-9(2)6-12(8-14(15,16)17)10-4-3-5-11(7-10)13(18)19/h3-5,7,9,12H,6,8H2,1-2H3,(H,18,19).